The van der Waals surface area contributed by atoms with E-state index in [-0.39, 0.29) is 0 Å². The SMILES string of the molecule is C=CCN1CCN(C(=O)O)CC1. The Kier molecular flexibility index (Phi) is 3.10. The van der Waals surface area contributed by atoms with Gasteiger partial charge in [-0.15, -0.1) is 6.58 Å². The molecular formula is C8H14N2O2. The molecule has 1 N–H and O–H groups in total. The highest BCUT2D eigenvalue weighted by Crippen LogP contribution is 2.00. The third-order valence-corrected chi connectivity index (χ3v) is 2.03. The van der Waals surface area contributed by atoms with Crippen LogP contribution in [0.5, 0.6) is 0 Å². The van der Waals surface area contributed by atoms with Crippen LogP contribution in [0, 0.1) is 0 Å². The van der Waals surface area contributed by atoms with E-state index >= 15 is 0 Å². The van der Waals surface area contributed by atoms with Crippen LogP contribution in [0.1, 0.15) is 0 Å². The lowest BCUT2D eigenvalue weighted by Gasteiger charge is -2.32. The number of piperazine rings is 1. The third-order valence-electron chi connectivity index (χ3n) is 2.03. The molecule has 1 rings (SSSR count). The van der Waals surface area contributed by atoms with E-state index in [2.05, 4.69) is 11.5 Å². The number of hydrogen-bond acceptors (Lipinski definition) is 2. The van der Waals surface area contributed by atoms with Gasteiger partial charge in [-0.05, 0) is 0 Å². The van der Waals surface area contributed by atoms with Crippen molar-refractivity contribution in [1.82, 2.24) is 9.80 Å². The highest BCUT2D eigenvalue weighted by atomic mass is 16.4. The zero-order valence-electron chi connectivity index (χ0n) is 7.07. The Morgan fingerprint density at radius 2 is 2.00 bits per heavy atom. The summed E-state index contributed by atoms with van der Waals surface area (Å²) in [5.41, 5.74) is 0. The van der Waals surface area contributed by atoms with Crippen LogP contribution in [-0.4, -0.2) is 53.7 Å². The van der Waals surface area contributed by atoms with Crippen LogP contribution >= 0.6 is 0 Å². The molecule has 1 saturated heterocycles. The molecule has 4 nitrogen and oxygen atoms in total. The van der Waals surface area contributed by atoms with Crippen molar-refractivity contribution in [2.75, 3.05) is 32.7 Å². The fraction of sp³-hybridized carbons (Fsp3) is 0.625. The maximum atomic E-state index is 10.5. The molecule has 0 spiro atoms. The fourth-order valence-corrected chi connectivity index (χ4v) is 1.30. The molecule has 1 fully saturated rings. The van der Waals surface area contributed by atoms with Gasteiger partial charge in [-0.2, -0.15) is 0 Å². The Morgan fingerprint density at radius 3 is 2.42 bits per heavy atom. The normalized spacial score (nSPS) is 19.2. The van der Waals surface area contributed by atoms with Gasteiger partial charge >= 0.3 is 6.09 Å². The van der Waals surface area contributed by atoms with Crippen molar-refractivity contribution in [2.24, 2.45) is 0 Å². The van der Waals surface area contributed by atoms with Crippen LogP contribution in [0.2, 0.25) is 0 Å². The molecule has 4 heteroatoms. The Balaban J connectivity index is 2.29. The molecule has 0 atom stereocenters. The number of hydrogen-bond donors (Lipinski definition) is 1. The molecule has 0 unspecified atom stereocenters. The van der Waals surface area contributed by atoms with Crippen molar-refractivity contribution in [2.45, 2.75) is 0 Å². The summed E-state index contributed by atoms with van der Waals surface area (Å²) in [6.07, 6.45) is 1.03. The second kappa shape index (κ2) is 4.11. The Hall–Kier alpha value is -1.03. The molecule has 0 aliphatic carbocycles. The first-order valence-corrected chi connectivity index (χ1v) is 4.05. The maximum Gasteiger partial charge on any atom is 0.407 e. The van der Waals surface area contributed by atoms with E-state index in [1.807, 2.05) is 6.08 Å². The number of carbonyl (C=O) groups is 1. The standard InChI is InChI=1S/C8H14N2O2/c1-2-3-9-4-6-10(7-5-9)8(11)12/h2H,1,3-7H2,(H,11,12). The van der Waals surface area contributed by atoms with Crippen LogP contribution in [0.15, 0.2) is 12.7 Å². The molecule has 0 bridgehead atoms. The van der Waals surface area contributed by atoms with E-state index in [4.69, 9.17) is 5.11 Å². The number of carboxylic acid groups (broad SMARTS) is 1. The molecule has 0 aromatic heterocycles. The predicted molar refractivity (Wildman–Crippen MR) is 46.2 cm³/mol. The van der Waals surface area contributed by atoms with Gasteiger partial charge in [0.1, 0.15) is 0 Å². The first-order valence-electron chi connectivity index (χ1n) is 4.05. The van der Waals surface area contributed by atoms with Crippen LogP contribution in [0.4, 0.5) is 4.79 Å². The number of nitrogens with zero attached hydrogens (tertiary/aromatic N) is 2. The van der Waals surface area contributed by atoms with E-state index in [1.54, 1.807) is 0 Å². The summed E-state index contributed by atoms with van der Waals surface area (Å²) in [6, 6.07) is 0. The topological polar surface area (TPSA) is 43.8 Å². The quantitative estimate of drug-likeness (QED) is 0.612. The summed E-state index contributed by atoms with van der Waals surface area (Å²) < 4.78 is 0. The van der Waals surface area contributed by atoms with Crippen LogP contribution in [0.25, 0.3) is 0 Å². The van der Waals surface area contributed by atoms with Gasteiger partial charge in [-0.1, -0.05) is 6.08 Å². The second-order valence-corrected chi connectivity index (χ2v) is 2.86. The minimum Gasteiger partial charge on any atom is -0.465 e. The minimum absolute atomic E-state index is 0.614. The molecule has 1 amide bonds. The lowest BCUT2D eigenvalue weighted by atomic mass is 10.3. The summed E-state index contributed by atoms with van der Waals surface area (Å²) in [7, 11) is 0. The molecule has 0 aromatic rings. The van der Waals surface area contributed by atoms with E-state index in [1.165, 1.54) is 4.90 Å². The van der Waals surface area contributed by atoms with E-state index in [9.17, 15) is 4.79 Å². The Bertz CT molecular complexity index is 174. The van der Waals surface area contributed by atoms with Gasteiger partial charge in [-0.3, -0.25) is 4.90 Å². The molecule has 0 aromatic carbocycles. The van der Waals surface area contributed by atoms with Crippen molar-refractivity contribution >= 4 is 6.09 Å². The highest BCUT2D eigenvalue weighted by molar-refractivity contribution is 5.65. The Morgan fingerprint density at radius 1 is 1.42 bits per heavy atom. The largest absolute Gasteiger partial charge is 0.465 e. The van der Waals surface area contributed by atoms with Gasteiger partial charge in [-0.25, -0.2) is 4.79 Å². The van der Waals surface area contributed by atoms with Crippen LogP contribution in [-0.2, 0) is 0 Å². The fourth-order valence-electron chi connectivity index (χ4n) is 1.30. The molecule has 0 radical (unpaired) electrons. The maximum absolute atomic E-state index is 10.5. The van der Waals surface area contributed by atoms with Crippen molar-refractivity contribution in [3.63, 3.8) is 0 Å². The first kappa shape index (κ1) is 9.06. The molecule has 12 heavy (non-hydrogen) atoms. The van der Waals surface area contributed by atoms with Gasteiger partial charge in [0.2, 0.25) is 0 Å². The minimum atomic E-state index is -0.812. The second-order valence-electron chi connectivity index (χ2n) is 2.86. The average Bonchev–Trinajstić information content (AvgIpc) is 2.06. The Labute approximate surface area is 72.1 Å². The molecule has 1 aliphatic heterocycles. The average molecular weight is 170 g/mol. The van der Waals surface area contributed by atoms with E-state index in [0.29, 0.717) is 13.1 Å². The zero-order valence-corrected chi connectivity index (χ0v) is 7.07. The molecule has 1 heterocycles. The van der Waals surface area contributed by atoms with Crippen molar-refractivity contribution in [3.05, 3.63) is 12.7 Å². The summed E-state index contributed by atoms with van der Waals surface area (Å²) in [6.45, 7) is 7.36. The van der Waals surface area contributed by atoms with Crippen molar-refractivity contribution in [1.29, 1.82) is 0 Å². The molecular weight excluding hydrogens is 156 g/mol. The van der Waals surface area contributed by atoms with Gasteiger partial charge in [0.15, 0.2) is 0 Å². The van der Waals surface area contributed by atoms with Crippen molar-refractivity contribution < 1.29 is 9.90 Å². The summed E-state index contributed by atoms with van der Waals surface area (Å²) in [5.74, 6) is 0. The summed E-state index contributed by atoms with van der Waals surface area (Å²) in [4.78, 5) is 14.1. The summed E-state index contributed by atoms with van der Waals surface area (Å²) in [5, 5.41) is 8.64. The molecule has 1 aliphatic rings. The molecule has 0 saturated carbocycles. The number of rotatable bonds is 2. The highest BCUT2D eigenvalue weighted by Gasteiger charge is 2.18. The van der Waals surface area contributed by atoms with E-state index in [0.717, 1.165) is 19.6 Å². The van der Waals surface area contributed by atoms with Crippen molar-refractivity contribution in [3.8, 4) is 0 Å². The van der Waals surface area contributed by atoms with Gasteiger partial charge < -0.3 is 10.0 Å². The third kappa shape index (κ3) is 2.23. The van der Waals surface area contributed by atoms with Gasteiger partial charge in [0, 0.05) is 32.7 Å². The predicted octanol–water partition coefficient (Wildman–Crippen LogP) is 0.468. The first-order chi connectivity index (χ1) is 5.74. The van der Waals surface area contributed by atoms with Crippen LogP contribution < -0.4 is 0 Å². The lowest BCUT2D eigenvalue weighted by molar-refractivity contribution is 0.110. The van der Waals surface area contributed by atoms with Crippen LogP contribution in [0.3, 0.4) is 0 Å². The molecule has 68 valence electrons. The van der Waals surface area contributed by atoms with Gasteiger partial charge in [0.25, 0.3) is 0 Å². The van der Waals surface area contributed by atoms with E-state index < -0.39 is 6.09 Å². The lowest BCUT2D eigenvalue weighted by Crippen LogP contribution is -2.48. The zero-order chi connectivity index (χ0) is 8.97. The monoisotopic (exact) mass is 170 g/mol. The smallest absolute Gasteiger partial charge is 0.407 e. The summed E-state index contributed by atoms with van der Waals surface area (Å²) >= 11 is 0. The van der Waals surface area contributed by atoms with Gasteiger partial charge in [0.05, 0.1) is 0 Å². The number of amides is 1.